The fourth-order valence-electron chi connectivity index (χ4n) is 3.55. The highest BCUT2D eigenvalue weighted by Gasteiger charge is 2.43. The first-order valence-electron chi connectivity index (χ1n) is 7.61. The molecule has 2 heterocycles. The Hall–Kier alpha value is -0.610. The summed E-state index contributed by atoms with van der Waals surface area (Å²) in [6.45, 7) is 10.0. The van der Waals surface area contributed by atoms with Gasteiger partial charge in [-0.15, -0.1) is 0 Å². The van der Waals surface area contributed by atoms with Crippen molar-refractivity contribution in [2.45, 2.75) is 58.8 Å². The van der Waals surface area contributed by atoms with Crippen molar-refractivity contribution in [3.05, 3.63) is 0 Å². The maximum absolute atomic E-state index is 12.7. The van der Waals surface area contributed by atoms with Crippen molar-refractivity contribution in [3.63, 3.8) is 0 Å². The molecule has 0 saturated carbocycles. The minimum Gasteiger partial charge on any atom is -0.374 e. The lowest BCUT2D eigenvalue weighted by atomic mass is 9.86. The Morgan fingerprint density at radius 2 is 1.79 bits per heavy atom. The summed E-state index contributed by atoms with van der Waals surface area (Å²) in [5.41, 5.74) is 5.95. The van der Waals surface area contributed by atoms with Crippen LogP contribution in [-0.2, 0) is 9.53 Å². The van der Waals surface area contributed by atoms with Gasteiger partial charge in [-0.05, 0) is 45.4 Å². The van der Waals surface area contributed by atoms with Crippen LogP contribution in [-0.4, -0.2) is 42.1 Å². The normalized spacial score (nSPS) is 38.5. The van der Waals surface area contributed by atoms with Gasteiger partial charge < -0.3 is 15.4 Å². The standard InChI is InChI=1S/C15H28N2O2/c1-9-11(3)19-12(4)14(9)15(18)17-7-5-13(6-8-17)10(2)16/h9-14H,5-8,16H2,1-4H3. The van der Waals surface area contributed by atoms with Gasteiger partial charge in [0.05, 0.1) is 18.1 Å². The van der Waals surface area contributed by atoms with Crippen LogP contribution in [0.2, 0.25) is 0 Å². The zero-order valence-electron chi connectivity index (χ0n) is 12.6. The number of piperidine rings is 1. The third-order valence-electron chi connectivity index (χ3n) is 5.12. The summed E-state index contributed by atoms with van der Waals surface area (Å²) in [6, 6.07) is 0.241. The number of nitrogens with zero attached hydrogens (tertiary/aromatic N) is 1. The van der Waals surface area contributed by atoms with Gasteiger partial charge in [0.15, 0.2) is 0 Å². The van der Waals surface area contributed by atoms with Crippen molar-refractivity contribution in [2.75, 3.05) is 13.1 Å². The second-order valence-electron chi connectivity index (χ2n) is 6.45. The molecule has 0 radical (unpaired) electrons. The monoisotopic (exact) mass is 268 g/mol. The van der Waals surface area contributed by atoms with E-state index in [1.165, 1.54) is 0 Å². The zero-order valence-corrected chi connectivity index (χ0v) is 12.6. The summed E-state index contributed by atoms with van der Waals surface area (Å²) in [5, 5.41) is 0. The number of carbonyl (C=O) groups excluding carboxylic acids is 1. The molecule has 5 atom stereocenters. The largest absolute Gasteiger partial charge is 0.374 e. The number of hydrogen-bond donors (Lipinski definition) is 1. The van der Waals surface area contributed by atoms with Gasteiger partial charge in [0.1, 0.15) is 0 Å². The maximum atomic E-state index is 12.7. The van der Waals surface area contributed by atoms with Gasteiger partial charge in [-0.25, -0.2) is 0 Å². The number of likely N-dealkylation sites (tertiary alicyclic amines) is 1. The van der Waals surface area contributed by atoms with Crippen LogP contribution in [0.5, 0.6) is 0 Å². The quantitative estimate of drug-likeness (QED) is 0.828. The molecule has 4 heteroatoms. The van der Waals surface area contributed by atoms with Gasteiger partial charge in [-0.3, -0.25) is 4.79 Å². The van der Waals surface area contributed by atoms with E-state index >= 15 is 0 Å². The Morgan fingerprint density at radius 1 is 1.21 bits per heavy atom. The van der Waals surface area contributed by atoms with Crippen LogP contribution >= 0.6 is 0 Å². The molecule has 0 spiro atoms. The predicted molar refractivity (Wildman–Crippen MR) is 75.6 cm³/mol. The van der Waals surface area contributed by atoms with E-state index in [0.717, 1.165) is 25.9 Å². The number of rotatable bonds is 2. The SMILES string of the molecule is CC(N)C1CCN(C(=O)C2C(C)OC(C)C2C)CC1. The highest BCUT2D eigenvalue weighted by Crippen LogP contribution is 2.34. The molecule has 0 aromatic carbocycles. The Labute approximate surface area is 116 Å². The summed E-state index contributed by atoms with van der Waals surface area (Å²) >= 11 is 0. The minimum atomic E-state index is 0.0295. The molecule has 5 unspecified atom stereocenters. The smallest absolute Gasteiger partial charge is 0.228 e. The zero-order chi connectivity index (χ0) is 14.2. The van der Waals surface area contributed by atoms with Crippen LogP contribution < -0.4 is 5.73 Å². The third-order valence-corrected chi connectivity index (χ3v) is 5.12. The first-order chi connectivity index (χ1) is 8.91. The van der Waals surface area contributed by atoms with Gasteiger partial charge in [-0.1, -0.05) is 6.92 Å². The summed E-state index contributed by atoms with van der Waals surface area (Å²) in [6.07, 6.45) is 2.30. The molecule has 0 aromatic heterocycles. The van der Waals surface area contributed by atoms with Gasteiger partial charge in [0.25, 0.3) is 0 Å². The van der Waals surface area contributed by atoms with Crippen LogP contribution in [0, 0.1) is 17.8 Å². The summed E-state index contributed by atoms with van der Waals surface area (Å²) < 4.78 is 5.79. The van der Waals surface area contributed by atoms with Crippen molar-refractivity contribution in [1.82, 2.24) is 4.90 Å². The molecule has 2 N–H and O–H groups in total. The van der Waals surface area contributed by atoms with Crippen LogP contribution in [0.25, 0.3) is 0 Å². The minimum absolute atomic E-state index is 0.0295. The fourth-order valence-corrected chi connectivity index (χ4v) is 3.55. The molecule has 2 saturated heterocycles. The molecule has 4 nitrogen and oxygen atoms in total. The van der Waals surface area contributed by atoms with Crippen LogP contribution in [0.4, 0.5) is 0 Å². The second kappa shape index (κ2) is 5.80. The first-order valence-corrected chi connectivity index (χ1v) is 7.61. The highest BCUT2D eigenvalue weighted by molar-refractivity contribution is 5.80. The molecule has 1 amide bonds. The lowest BCUT2D eigenvalue weighted by Crippen LogP contribution is -2.47. The number of hydrogen-bond acceptors (Lipinski definition) is 3. The third kappa shape index (κ3) is 2.95. The summed E-state index contributed by atoms with van der Waals surface area (Å²) in [5.74, 6) is 1.20. The molecule has 2 fully saturated rings. The number of nitrogens with two attached hydrogens (primary N) is 1. The van der Waals surface area contributed by atoms with E-state index in [1.807, 2.05) is 11.8 Å². The predicted octanol–water partition coefficient (Wildman–Crippen LogP) is 1.63. The van der Waals surface area contributed by atoms with Gasteiger partial charge >= 0.3 is 0 Å². The second-order valence-corrected chi connectivity index (χ2v) is 6.45. The fraction of sp³-hybridized carbons (Fsp3) is 0.933. The highest BCUT2D eigenvalue weighted by atomic mass is 16.5. The van der Waals surface area contributed by atoms with Crippen LogP contribution in [0.3, 0.4) is 0 Å². The van der Waals surface area contributed by atoms with Crippen molar-refractivity contribution in [2.24, 2.45) is 23.5 Å². The molecule has 0 aliphatic carbocycles. The van der Waals surface area contributed by atoms with Crippen molar-refractivity contribution >= 4 is 5.91 Å². The lowest BCUT2D eigenvalue weighted by Gasteiger charge is -2.36. The number of ether oxygens (including phenoxy) is 1. The van der Waals surface area contributed by atoms with E-state index in [9.17, 15) is 4.79 Å². The van der Waals surface area contributed by atoms with E-state index in [2.05, 4.69) is 20.8 Å². The average Bonchev–Trinajstić information content (AvgIpc) is 2.62. The molecule has 19 heavy (non-hydrogen) atoms. The molecule has 2 aliphatic heterocycles. The number of amides is 1. The molecule has 0 aromatic rings. The van der Waals surface area contributed by atoms with Gasteiger partial charge in [0.2, 0.25) is 5.91 Å². The van der Waals surface area contributed by atoms with Crippen LogP contribution in [0.1, 0.15) is 40.5 Å². The van der Waals surface area contributed by atoms with E-state index in [-0.39, 0.29) is 30.1 Å². The van der Waals surface area contributed by atoms with Crippen molar-refractivity contribution in [3.8, 4) is 0 Å². The summed E-state index contributed by atoms with van der Waals surface area (Å²) in [7, 11) is 0. The summed E-state index contributed by atoms with van der Waals surface area (Å²) in [4.78, 5) is 14.7. The molecule has 110 valence electrons. The number of carbonyl (C=O) groups is 1. The Balaban J connectivity index is 1.94. The van der Waals surface area contributed by atoms with Gasteiger partial charge in [0, 0.05) is 19.1 Å². The molecule has 2 aliphatic rings. The molecule has 0 bridgehead atoms. The van der Waals surface area contributed by atoms with Crippen molar-refractivity contribution < 1.29 is 9.53 Å². The van der Waals surface area contributed by atoms with E-state index in [0.29, 0.717) is 11.8 Å². The van der Waals surface area contributed by atoms with Crippen molar-refractivity contribution in [1.29, 1.82) is 0 Å². The van der Waals surface area contributed by atoms with Gasteiger partial charge in [-0.2, -0.15) is 0 Å². The Kier molecular flexibility index (Phi) is 4.51. The topological polar surface area (TPSA) is 55.6 Å². The first kappa shape index (κ1) is 14.8. The van der Waals surface area contributed by atoms with E-state index in [4.69, 9.17) is 10.5 Å². The molecular formula is C15H28N2O2. The maximum Gasteiger partial charge on any atom is 0.228 e. The average molecular weight is 268 g/mol. The molecular weight excluding hydrogens is 240 g/mol. The Morgan fingerprint density at radius 3 is 2.21 bits per heavy atom. The lowest BCUT2D eigenvalue weighted by molar-refractivity contribution is -0.139. The molecule has 2 rings (SSSR count). The van der Waals surface area contributed by atoms with Crippen LogP contribution in [0.15, 0.2) is 0 Å². The van der Waals surface area contributed by atoms with E-state index in [1.54, 1.807) is 0 Å². The Bertz CT molecular complexity index is 324. The van der Waals surface area contributed by atoms with E-state index < -0.39 is 0 Å².